The third-order valence-electron chi connectivity index (χ3n) is 5.77. The largest absolute Gasteiger partial charge is 0.491 e. The number of morpholine rings is 1. The summed E-state index contributed by atoms with van der Waals surface area (Å²) in [5.74, 6) is 0.288. The number of aromatic nitrogens is 2. The molecule has 2 aliphatic heterocycles. The Morgan fingerprint density at radius 1 is 1.16 bits per heavy atom. The van der Waals surface area contributed by atoms with Gasteiger partial charge in [0, 0.05) is 49.6 Å². The Kier molecular flexibility index (Phi) is 6.36. The molecular weight excluding hydrogens is 433 g/mol. The van der Waals surface area contributed by atoms with Crippen molar-refractivity contribution in [2.75, 3.05) is 44.7 Å². The third-order valence-corrected chi connectivity index (χ3v) is 6.06. The van der Waals surface area contributed by atoms with Gasteiger partial charge in [0.1, 0.15) is 17.9 Å². The molecule has 3 aromatic rings. The number of halogens is 2. The number of nitrogens with one attached hydrogen (secondary N) is 3. The van der Waals surface area contributed by atoms with Crippen molar-refractivity contribution < 1.29 is 13.9 Å². The predicted octanol–water partition coefficient (Wildman–Crippen LogP) is 3.23. The molecule has 0 amide bonds. The van der Waals surface area contributed by atoms with Crippen molar-refractivity contribution in [2.45, 2.75) is 18.6 Å². The second-order valence-electron chi connectivity index (χ2n) is 8.05. The first-order valence-corrected chi connectivity index (χ1v) is 11.2. The Bertz CT molecular complexity index is 1110. The van der Waals surface area contributed by atoms with Crippen molar-refractivity contribution in [1.29, 1.82) is 0 Å². The van der Waals surface area contributed by atoms with Crippen molar-refractivity contribution >= 4 is 28.2 Å². The lowest BCUT2D eigenvalue weighted by atomic mass is 10.0. The van der Waals surface area contributed by atoms with Crippen LogP contribution in [-0.4, -0.2) is 61.5 Å². The van der Waals surface area contributed by atoms with Crippen LogP contribution in [0.1, 0.15) is 6.42 Å². The molecule has 0 spiro atoms. The van der Waals surface area contributed by atoms with Crippen molar-refractivity contribution in [2.24, 2.45) is 0 Å². The molecule has 0 radical (unpaired) electrons. The summed E-state index contributed by atoms with van der Waals surface area (Å²) in [6, 6.07) is 8.88. The fourth-order valence-corrected chi connectivity index (χ4v) is 4.09. The molecular formula is C23H25ClFN5O2. The molecule has 7 nitrogen and oxygen atoms in total. The lowest BCUT2D eigenvalue weighted by Gasteiger charge is -2.30. The standard InChI is InChI=1S/C23H25ClFN5O2/c24-18-7-14(1-2-19(18)25)23-17-8-21(30-15-10-27-11-15)22(9-20(17)28-13-29-23)32-5-3-16-12-26-4-6-31-16/h1-2,7-9,13,15-16,26-27,30H,3-6,10-12H2. The molecule has 9 heteroatoms. The normalized spacial score (nSPS) is 19.0. The summed E-state index contributed by atoms with van der Waals surface area (Å²) >= 11 is 6.02. The Hall–Kier alpha value is -2.52. The zero-order valence-corrected chi connectivity index (χ0v) is 18.3. The van der Waals surface area contributed by atoms with Crippen LogP contribution in [0, 0.1) is 5.82 Å². The molecule has 0 bridgehead atoms. The zero-order chi connectivity index (χ0) is 21.9. The Morgan fingerprint density at radius 3 is 2.81 bits per heavy atom. The highest BCUT2D eigenvalue weighted by atomic mass is 35.5. The van der Waals surface area contributed by atoms with E-state index in [-0.39, 0.29) is 11.1 Å². The quantitative estimate of drug-likeness (QED) is 0.502. The van der Waals surface area contributed by atoms with Gasteiger partial charge in [0.2, 0.25) is 0 Å². The molecule has 0 saturated carbocycles. The van der Waals surface area contributed by atoms with Gasteiger partial charge in [-0.1, -0.05) is 11.6 Å². The summed E-state index contributed by atoms with van der Waals surface area (Å²) < 4.78 is 25.6. The van der Waals surface area contributed by atoms with Gasteiger partial charge in [0.15, 0.2) is 0 Å². The van der Waals surface area contributed by atoms with Crippen LogP contribution in [0.3, 0.4) is 0 Å². The van der Waals surface area contributed by atoms with Gasteiger partial charge in [0.05, 0.1) is 47.3 Å². The lowest BCUT2D eigenvalue weighted by Crippen LogP contribution is -2.51. The molecule has 2 saturated heterocycles. The van der Waals surface area contributed by atoms with Crippen molar-refractivity contribution in [1.82, 2.24) is 20.6 Å². The molecule has 1 unspecified atom stereocenters. The Balaban J connectivity index is 1.45. The molecule has 2 aromatic carbocycles. The van der Waals surface area contributed by atoms with Gasteiger partial charge in [-0.05, 0) is 24.3 Å². The first-order valence-electron chi connectivity index (χ1n) is 10.8. The molecule has 3 N–H and O–H groups in total. The average Bonchev–Trinajstić information content (AvgIpc) is 2.78. The molecule has 32 heavy (non-hydrogen) atoms. The number of ether oxygens (including phenoxy) is 2. The molecule has 3 heterocycles. The number of rotatable bonds is 7. The van der Waals surface area contributed by atoms with Crippen LogP contribution in [0.25, 0.3) is 22.2 Å². The average molecular weight is 458 g/mol. The van der Waals surface area contributed by atoms with E-state index in [0.717, 1.165) is 67.1 Å². The van der Waals surface area contributed by atoms with E-state index < -0.39 is 5.82 Å². The number of benzene rings is 2. The summed E-state index contributed by atoms with van der Waals surface area (Å²) in [5.41, 5.74) is 3.06. The van der Waals surface area contributed by atoms with Crippen LogP contribution in [0.4, 0.5) is 10.1 Å². The SMILES string of the molecule is Fc1ccc(-c2ncnc3cc(OCCC4CNCCO4)c(NC4CNC4)cc23)cc1Cl. The summed E-state index contributed by atoms with van der Waals surface area (Å²) in [6.45, 7) is 4.80. The van der Waals surface area contributed by atoms with Crippen LogP contribution in [0.15, 0.2) is 36.7 Å². The highest BCUT2D eigenvalue weighted by molar-refractivity contribution is 6.31. The minimum atomic E-state index is -0.457. The Labute approximate surface area is 190 Å². The fourth-order valence-electron chi connectivity index (χ4n) is 3.91. The topological polar surface area (TPSA) is 80.3 Å². The number of fused-ring (bicyclic) bond motifs is 1. The highest BCUT2D eigenvalue weighted by Gasteiger charge is 2.20. The first kappa shape index (κ1) is 21.3. The molecule has 2 aliphatic rings. The van der Waals surface area contributed by atoms with Crippen LogP contribution in [-0.2, 0) is 4.74 Å². The van der Waals surface area contributed by atoms with Crippen molar-refractivity contribution in [3.63, 3.8) is 0 Å². The third kappa shape index (κ3) is 4.63. The van der Waals surface area contributed by atoms with Crippen LogP contribution >= 0.6 is 11.6 Å². The summed E-state index contributed by atoms with van der Waals surface area (Å²) in [6.07, 6.45) is 2.47. The Morgan fingerprint density at radius 2 is 2.06 bits per heavy atom. The molecule has 1 atom stereocenters. The number of nitrogens with zero attached hydrogens (tertiary/aromatic N) is 2. The lowest BCUT2D eigenvalue weighted by molar-refractivity contribution is 0.0159. The van der Waals surface area contributed by atoms with E-state index in [2.05, 4.69) is 25.9 Å². The van der Waals surface area contributed by atoms with Crippen LogP contribution in [0.5, 0.6) is 5.75 Å². The van der Waals surface area contributed by atoms with Gasteiger partial charge >= 0.3 is 0 Å². The van der Waals surface area contributed by atoms with Crippen molar-refractivity contribution in [3.8, 4) is 17.0 Å². The molecule has 0 aliphatic carbocycles. The maximum atomic E-state index is 13.7. The molecule has 168 valence electrons. The monoisotopic (exact) mass is 457 g/mol. The van der Waals surface area contributed by atoms with E-state index in [9.17, 15) is 4.39 Å². The molecule has 1 aromatic heterocycles. The zero-order valence-electron chi connectivity index (χ0n) is 17.5. The van der Waals surface area contributed by atoms with E-state index in [1.165, 1.54) is 12.4 Å². The maximum absolute atomic E-state index is 13.7. The van der Waals surface area contributed by atoms with E-state index in [1.54, 1.807) is 12.1 Å². The van der Waals surface area contributed by atoms with Gasteiger partial charge < -0.3 is 25.4 Å². The van der Waals surface area contributed by atoms with E-state index >= 15 is 0 Å². The summed E-state index contributed by atoms with van der Waals surface area (Å²) in [5, 5.41) is 11.1. The number of hydrogen-bond donors (Lipinski definition) is 3. The van der Waals surface area contributed by atoms with Crippen LogP contribution in [0.2, 0.25) is 5.02 Å². The maximum Gasteiger partial charge on any atom is 0.144 e. The second kappa shape index (κ2) is 9.54. The van der Waals surface area contributed by atoms with Crippen LogP contribution < -0.4 is 20.7 Å². The smallest absolute Gasteiger partial charge is 0.144 e. The number of hydrogen-bond acceptors (Lipinski definition) is 7. The van der Waals surface area contributed by atoms with Gasteiger partial charge in [-0.25, -0.2) is 14.4 Å². The minimum absolute atomic E-state index is 0.0625. The van der Waals surface area contributed by atoms with E-state index in [4.69, 9.17) is 21.1 Å². The minimum Gasteiger partial charge on any atom is -0.491 e. The van der Waals surface area contributed by atoms with Gasteiger partial charge in [-0.2, -0.15) is 0 Å². The summed E-state index contributed by atoms with van der Waals surface area (Å²) in [7, 11) is 0. The van der Waals surface area contributed by atoms with Gasteiger partial charge in [0.25, 0.3) is 0 Å². The number of anilines is 1. The van der Waals surface area contributed by atoms with Gasteiger partial charge in [-0.3, -0.25) is 0 Å². The highest BCUT2D eigenvalue weighted by Crippen LogP contribution is 2.35. The van der Waals surface area contributed by atoms with Gasteiger partial charge in [-0.15, -0.1) is 0 Å². The van der Waals surface area contributed by atoms with E-state index in [0.29, 0.717) is 18.3 Å². The predicted molar refractivity (Wildman–Crippen MR) is 123 cm³/mol. The van der Waals surface area contributed by atoms with Crippen molar-refractivity contribution in [3.05, 3.63) is 47.5 Å². The molecule has 2 fully saturated rings. The van der Waals surface area contributed by atoms with E-state index in [1.807, 2.05) is 12.1 Å². The summed E-state index contributed by atoms with van der Waals surface area (Å²) in [4.78, 5) is 8.91. The second-order valence-corrected chi connectivity index (χ2v) is 8.46. The fraction of sp³-hybridized carbons (Fsp3) is 0.391. The first-order chi connectivity index (χ1) is 15.7. The molecule has 5 rings (SSSR count).